The molecule has 2 N–H and O–H groups in total. The molecular formula is C10H13NO2S. The fourth-order valence-corrected chi connectivity index (χ4v) is 1.50. The highest BCUT2D eigenvalue weighted by Crippen LogP contribution is 2.15. The van der Waals surface area contributed by atoms with Gasteiger partial charge in [0.2, 0.25) is 0 Å². The summed E-state index contributed by atoms with van der Waals surface area (Å²) in [5, 5.41) is 11.1. The van der Waals surface area contributed by atoms with E-state index in [0.717, 1.165) is 4.90 Å². The van der Waals surface area contributed by atoms with Crippen molar-refractivity contribution in [2.75, 3.05) is 19.4 Å². The van der Waals surface area contributed by atoms with E-state index in [9.17, 15) is 4.79 Å². The average molecular weight is 211 g/mol. The second-order valence-electron chi connectivity index (χ2n) is 2.71. The zero-order chi connectivity index (χ0) is 10.4. The number of hydrogen-bond donors (Lipinski definition) is 2. The van der Waals surface area contributed by atoms with Gasteiger partial charge < -0.3 is 10.4 Å². The fraction of sp³-hybridized carbons (Fsp3) is 0.300. The van der Waals surface area contributed by atoms with E-state index in [0.29, 0.717) is 12.1 Å². The van der Waals surface area contributed by atoms with Gasteiger partial charge in [0.05, 0.1) is 6.61 Å². The Morgan fingerprint density at radius 1 is 1.57 bits per heavy atom. The summed E-state index contributed by atoms with van der Waals surface area (Å²) >= 11 is 1.59. The van der Waals surface area contributed by atoms with Crippen LogP contribution in [-0.4, -0.2) is 30.4 Å². The van der Waals surface area contributed by atoms with E-state index in [1.54, 1.807) is 17.8 Å². The number of amides is 1. The Morgan fingerprint density at radius 3 is 3.00 bits per heavy atom. The number of hydrogen-bond acceptors (Lipinski definition) is 3. The normalized spacial score (nSPS) is 9.86. The maximum atomic E-state index is 11.4. The molecule has 1 rings (SSSR count). The smallest absolute Gasteiger partial charge is 0.251 e. The molecule has 1 amide bonds. The zero-order valence-electron chi connectivity index (χ0n) is 7.99. The Morgan fingerprint density at radius 2 is 2.36 bits per heavy atom. The van der Waals surface area contributed by atoms with Gasteiger partial charge in [0.25, 0.3) is 5.91 Å². The minimum Gasteiger partial charge on any atom is -0.395 e. The van der Waals surface area contributed by atoms with Gasteiger partial charge in [-0.3, -0.25) is 4.79 Å². The predicted molar refractivity (Wildman–Crippen MR) is 57.6 cm³/mol. The maximum absolute atomic E-state index is 11.4. The molecule has 0 atom stereocenters. The number of benzene rings is 1. The van der Waals surface area contributed by atoms with Gasteiger partial charge in [-0.25, -0.2) is 0 Å². The van der Waals surface area contributed by atoms with Crippen LogP contribution in [0.3, 0.4) is 0 Å². The lowest BCUT2D eigenvalue weighted by Crippen LogP contribution is -2.26. The Bertz CT molecular complexity index is 315. The Kier molecular flexibility index (Phi) is 4.49. The van der Waals surface area contributed by atoms with E-state index in [4.69, 9.17) is 5.11 Å². The molecule has 0 saturated heterocycles. The second-order valence-corrected chi connectivity index (χ2v) is 3.59. The van der Waals surface area contributed by atoms with Crippen LogP contribution < -0.4 is 5.32 Å². The van der Waals surface area contributed by atoms with Gasteiger partial charge in [0, 0.05) is 17.0 Å². The average Bonchev–Trinajstić information content (AvgIpc) is 2.26. The third-order valence-corrected chi connectivity index (χ3v) is 2.45. The predicted octanol–water partition coefficient (Wildman–Crippen LogP) is 1.13. The molecule has 0 fully saturated rings. The molecule has 4 heteroatoms. The number of nitrogens with one attached hydrogen (secondary N) is 1. The van der Waals surface area contributed by atoms with Crippen molar-refractivity contribution in [1.82, 2.24) is 5.32 Å². The summed E-state index contributed by atoms with van der Waals surface area (Å²) in [6.45, 7) is 0.260. The van der Waals surface area contributed by atoms with Crippen molar-refractivity contribution in [1.29, 1.82) is 0 Å². The van der Waals surface area contributed by atoms with Gasteiger partial charge in [-0.15, -0.1) is 11.8 Å². The molecule has 0 bridgehead atoms. The molecule has 76 valence electrons. The molecule has 1 aromatic carbocycles. The van der Waals surface area contributed by atoms with Crippen LogP contribution in [0.15, 0.2) is 29.2 Å². The van der Waals surface area contributed by atoms with Crippen LogP contribution in [0, 0.1) is 0 Å². The van der Waals surface area contributed by atoms with E-state index in [2.05, 4.69) is 5.32 Å². The Labute approximate surface area is 87.5 Å². The topological polar surface area (TPSA) is 49.3 Å². The molecule has 14 heavy (non-hydrogen) atoms. The number of carbonyl (C=O) groups excluding carboxylic acids is 1. The summed E-state index contributed by atoms with van der Waals surface area (Å²) in [4.78, 5) is 12.5. The van der Waals surface area contributed by atoms with Crippen LogP contribution >= 0.6 is 11.8 Å². The molecular weight excluding hydrogens is 198 g/mol. The van der Waals surface area contributed by atoms with Gasteiger partial charge in [-0.05, 0) is 24.5 Å². The molecule has 0 heterocycles. The summed E-state index contributed by atoms with van der Waals surface area (Å²) in [6.07, 6.45) is 1.96. The van der Waals surface area contributed by atoms with E-state index >= 15 is 0 Å². The molecule has 0 aliphatic rings. The van der Waals surface area contributed by atoms with E-state index in [-0.39, 0.29) is 12.5 Å². The Balaban J connectivity index is 2.69. The van der Waals surface area contributed by atoms with Gasteiger partial charge in [-0.1, -0.05) is 6.07 Å². The molecule has 0 radical (unpaired) electrons. The standard InChI is InChI=1S/C10H13NO2S/c1-14-9-4-2-3-8(7-9)10(13)11-5-6-12/h2-4,7,12H,5-6H2,1H3,(H,11,13). The highest BCUT2D eigenvalue weighted by Gasteiger charge is 2.04. The lowest BCUT2D eigenvalue weighted by molar-refractivity contribution is 0.0944. The van der Waals surface area contributed by atoms with Crippen LogP contribution in [0.5, 0.6) is 0 Å². The molecule has 0 aromatic heterocycles. The molecule has 0 aliphatic carbocycles. The number of aliphatic hydroxyl groups is 1. The summed E-state index contributed by atoms with van der Waals surface area (Å²) in [7, 11) is 0. The van der Waals surface area contributed by atoms with Crippen LogP contribution in [-0.2, 0) is 0 Å². The molecule has 0 spiro atoms. The fourth-order valence-electron chi connectivity index (χ4n) is 1.04. The molecule has 0 saturated carbocycles. The van der Waals surface area contributed by atoms with Crippen molar-refractivity contribution >= 4 is 17.7 Å². The van der Waals surface area contributed by atoms with Crippen molar-refractivity contribution in [3.8, 4) is 0 Å². The first-order chi connectivity index (χ1) is 6.77. The minimum absolute atomic E-state index is 0.0338. The lowest BCUT2D eigenvalue weighted by Gasteiger charge is -2.04. The van der Waals surface area contributed by atoms with Crippen molar-refractivity contribution in [2.24, 2.45) is 0 Å². The number of carbonyl (C=O) groups is 1. The summed E-state index contributed by atoms with van der Waals surface area (Å²) in [5.41, 5.74) is 0.630. The second kappa shape index (κ2) is 5.67. The molecule has 0 aliphatic heterocycles. The third-order valence-electron chi connectivity index (χ3n) is 1.73. The van der Waals surface area contributed by atoms with Crippen LogP contribution in [0.2, 0.25) is 0 Å². The SMILES string of the molecule is CSc1cccc(C(=O)NCCO)c1. The first-order valence-corrected chi connectivity index (χ1v) is 5.53. The minimum atomic E-state index is -0.144. The first kappa shape index (κ1) is 11.1. The van der Waals surface area contributed by atoms with Crippen LogP contribution in [0.4, 0.5) is 0 Å². The molecule has 3 nitrogen and oxygen atoms in total. The number of aliphatic hydroxyl groups excluding tert-OH is 1. The van der Waals surface area contributed by atoms with Crippen molar-refractivity contribution < 1.29 is 9.90 Å². The highest BCUT2D eigenvalue weighted by atomic mass is 32.2. The first-order valence-electron chi connectivity index (χ1n) is 4.31. The number of rotatable bonds is 4. The zero-order valence-corrected chi connectivity index (χ0v) is 8.80. The van der Waals surface area contributed by atoms with Crippen LogP contribution in [0.25, 0.3) is 0 Å². The Hall–Kier alpha value is -1.00. The van der Waals surface area contributed by atoms with E-state index in [1.165, 1.54) is 0 Å². The van der Waals surface area contributed by atoms with E-state index < -0.39 is 0 Å². The van der Waals surface area contributed by atoms with Crippen molar-refractivity contribution in [2.45, 2.75) is 4.90 Å². The molecule has 0 unspecified atom stereocenters. The molecule has 1 aromatic rings. The maximum Gasteiger partial charge on any atom is 0.251 e. The van der Waals surface area contributed by atoms with Crippen molar-refractivity contribution in [3.05, 3.63) is 29.8 Å². The largest absolute Gasteiger partial charge is 0.395 e. The van der Waals surface area contributed by atoms with Gasteiger partial charge in [0.15, 0.2) is 0 Å². The summed E-state index contributed by atoms with van der Waals surface area (Å²) in [5.74, 6) is -0.144. The van der Waals surface area contributed by atoms with Gasteiger partial charge in [0.1, 0.15) is 0 Å². The monoisotopic (exact) mass is 211 g/mol. The quantitative estimate of drug-likeness (QED) is 0.734. The van der Waals surface area contributed by atoms with Crippen molar-refractivity contribution in [3.63, 3.8) is 0 Å². The van der Waals surface area contributed by atoms with Gasteiger partial charge in [-0.2, -0.15) is 0 Å². The van der Waals surface area contributed by atoms with Gasteiger partial charge >= 0.3 is 0 Å². The summed E-state index contributed by atoms with van der Waals surface area (Å²) < 4.78 is 0. The van der Waals surface area contributed by atoms with E-state index in [1.807, 2.05) is 24.5 Å². The van der Waals surface area contributed by atoms with Crippen LogP contribution in [0.1, 0.15) is 10.4 Å². The third kappa shape index (κ3) is 3.05. The summed E-state index contributed by atoms with van der Waals surface area (Å²) in [6, 6.07) is 7.39. The number of thioether (sulfide) groups is 1. The highest BCUT2D eigenvalue weighted by molar-refractivity contribution is 7.98. The lowest BCUT2D eigenvalue weighted by atomic mass is 10.2.